The number of carbonyl (C=O) groups excluding carboxylic acids is 2. The molecule has 0 aliphatic carbocycles. The first-order chi connectivity index (χ1) is 14.1. The van der Waals surface area contributed by atoms with Gasteiger partial charge in [-0.1, -0.05) is 112 Å². The molecule has 0 saturated carbocycles. The van der Waals surface area contributed by atoms with Gasteiger partial charge in [0.2, 0.25) is 0 Å². The molecule has 0 bridgehead atoms. The second kappa shape index (κ2) is 23.0. The lowest BCUT2D eigenvalue weighted by Crippen LogP contribution is -2.06. The Balaban J connectivity index is -0.000000171. The molecule has 0 amide bonds. The van der Waals surface area contributed by atoms with Gasteiger partial charge >= 0.3 is 11.9 Å². The van der Waals surface area contributed by atoms with Crippen molar-refractivity contribution < 1.29 is 14.3 Å². The summed E-state index contributed by atoms with van der Waals surface area (Å²) in [5.74, 6) is -1.02. The van der Waals surface area contributed by atoms with Gasteiger partial charge in [0.15, 0.2) is 0 Å². The van der Waals surface area contributed by atoms with E-state index < -0.39 is 11.9 Å². The van der Waals surface area contributed by atoms with Crippen LogP contribution in [0.15, 0.2) is 36.5 Å². The number of allylic oxidation sites excluding steroid dienone is 5. The van der Waals surface area contributed by atoms with Crippen LogP contribution in [0.25, 0.3) is 0 Å². The maximum absolute atomic E-state index is 10.2. The Morgan fingerprint density at radius 2 is 1.23 bits per heavy atom. The van der Waals surface area contributed by atoms with Gasteiger partial charge in [-0.05, 0) is 43.4 Å². The highest BCUT2D eigenvalue weighted by Crippen LogP contribution is 2.19. The predicted octanol–water partition coefficient (Wildman–Crippen LogP) is 9.24. The number of hydrogen-bond acceptors (Lipinski definition) is 3. The number of rotatable bonds is 7. The lowest BCUT2D eigenvalue weighted by atomic mass is 9.92. The molecule has 0 N–H and O–H groups in total. The first-order valence-electron chi connectivity index (χ1n) is 11.8. The molecule has 31 heavy (non-hydrogen) atoms. The minimum atomic E-state index is -0.545. The van der Waals surface area contributed by atoms with Crippen LogP contribution in [0.4, 0.5) is 0 Å². The normalized spacial score (nSPS) is 10.8. The quantitative estimate of drug-likeness (QED) is 0.226. The van der Waals surface area contributed by atoms with E-state index >= 15 is 0 Å². The Kier molecular flexibility index (Phi) is 27.3. The number of unbranched alkanes of at least 4 members (excludes halogenated alkanes) is 1. The topological polar surface area (TPSA) is 43.4 Å². The van der Waals surface area contributed by atoms with Crippen LogP contribution in [-0.4, -0.2) is 11.9 Å². The Labute approximate surface area is 195 Å². The van der Waals surface area contributed by atoms with Crippen LogP contribution in [-0.2, 0) is 14.3 Å². The molecule has 3 nitrogen and oxygen atoms in total. The summed E-state index contributed by atoms with van der Waals surface area (Å²) in [4.78, 5) is 20.1. The van der Waals surface area contributed by atoms with E-state index in [0.717, 1.165) is 12.8 Å². The minimum absolute atomic E-state index is 0.250. The number of hydrogen-bond donors (Lipinski definition) is 0. The molecule has 0 aliphatic heterocycles. The summed E-state index contributed by atoms with van der Waals surface area (Å²) in [6.07, 6.45) is 15.1. The summed E-state index contributed by atoms with van der Waals surface area (Å²) in [7, 11) is 0. The Morgan fingerprint density at radius 1 is 0.806 bits per heavy atom. The molecule has 0 saturated heterocycles. The smallest absolute Gasteiger partial charge is 0.313 e. The minimum Gasteiger partial charge on any atom is -0.393 e. The SMILES string of the molecule is C=C(C)C/C=C/CC(C)(C)C.CC.CCC(=O)OC(C)=O.CCC/C=C/CC(C)(C)C. The molecule has 0 unspecified atom stereocenters. The van der Waals surface area contributed by atoms with E-state index in [9.17, 15) is 9.59 Å². The summed E-state index contributed by atoms with van der Waals surface area (Å²) in [5, 5.41) is 0. The van der Waals surface area contributed by atoms with Gasteiger partial charge in [0, 0.05) is 13.3 Å². The van der Waals surface area contributed by atoms with E-state index in [1.54, 1.807) is 6.92 Å². The monoisotopic (exact) mass is 438 g/mol. The molecular formula is C28H54O3. The molecule has 0 atom stereocenters. The third kappa shape index (κ3) is 52.6. The largest absolute Gasteiger partial charge is 0.393 e. The van der Waals surface area contributed by atoms with Crippen LogP contribution in [0.1, 0.15) is 122 Å². The van der Waals surface area contributed by atoms with E-state index in [2.05, 4.69) is 91.0 Å². The van der Waals surface area contributed by atoms with Gasteiger partial charge in [-0.25, -0.2) is 0 Å². The van der Waals surface area contributed by atoms with Crippen LogP contribution < -0.4 is 0 Å². The third-order valence-electron chi connectivity index (χ3n) is 3.26. The van der Waals surface area contributed by atoms with Crippen molar-refractivity contribution in [2.75, 3.05) is 0 Å². The summed E-state index contributed by atoms with van der Waals surface area (Å²) in [6.45, 7) is 28.5. The zero-order valence-corrected chi connectivity index (χ0v) is 23.0. The molecule has 0 aromatic heterocycles. The average molecular weight is 439 g/mol. The number of ether oxygens (including phenoxy) is 1. The zero-order chi connectivity index (χ0) is 25.5. The standard InChI is InChI=1S/C11H20.C10H20.C5H8O3.C2H6/c1-10(2)8-6-7-9-11(3,4)5;1-5-6-7-8-9-10(2,3)4;1-3-5(7)8-4(2)6;1-2/h6-7H,1,8-9H2,2-5H3;7-8H,5-6,9H2,1-4H3;3H2,1-2H3;1-2H3/b7-6+;8-7+;;. The van der Waals surface area contributed by atoms with Gasteiger partial charge in [0.25, 0.3) is 0 Å². The average Bonchev–Trinajstić information content (AvgIpc) is 2.63. The summed E-state index contributed by atoms with van der Waals surface area (Å²) in [5.41, 5.74) is 2.12. The molecule has 0 aromatic rings. The van der Waals surface area contributed by atoms with Gasteiger partial charge < -0.3 is 4.74 Å². The van der Waals surface area contributed by atoms with Gasteiger partial charge in [-0.3, -0.25) is 9.59 Å². The van der Waals surface area contributed by atoms with Crippen LogP contribution in [0.5, 0.6) is 0 Å². The second-order valence-electron chi connectivity index (χ2n) is 9.74. The molecule has 0 aliphatic rings. The fourth-order valence-corrected chi connectivity index (χ4v) is 1.68. The molecule has 0 heterocycles. The highest BCUT2D eigenvalue weighted by atomic mass is 16.6. The Hall–Kier alpha value is -1.64. The van der Waals surface area contributed by atoms with Crippen LogP contribution in [0.2, 0.25) is 0 Å². The van der Waals surface area contributed by atoms with Crippen molar-refractivity contribution in [3.05, 3.63) is 36.5 Å². The van der Waals surface area contributed by atoms with Crippen molar-refractivity contribution in [3.8, 4) is 0 Å². The van der Waals surface area contributed by atoms with E-state index in [0.29, 0.717) is 10.8 Å². The van der Waals surface area contributed by atoms with Crippen molar-refractivity contribution in [2.24, 2.45) is 10.8 Å². The Morgan fingerprint density at radius 3 is 1.48 bits per heavy atom. The maximum atomic E-state index is 10.2. The van der Waals surface area contributed by atoms with Gasteiger partial charge in [-0.2, -0.15) is 0 Å². The molecule has 0 rings (SSSR count). The van der Waals surface area contributed by atoms with Crippen molar-refractivity contribution in [3.63, 3.8) is 0 Å². The fraction of sp³-hybridized carbons (Fsp3) is 0.714. The maximum Gasteiger partial charge on any atom is 0.313 e. The Bertz CT molecular complexity index is 497. The lowest BCUT2D eigenvalue weighted by molar-refractivity contribution is -0.157. The van der Waals surface area contributed by atoms with Gasteiger partial charge in [0.05, 0.1) is 0 Å². The molecule has 0 fully saturated rings. The summed E-state index contributed by atoms with van der Waals surface area (Å²) < 4.78 is 4.12. The second-order valence-corrected chi connectivity index (χ2v) is 9.74. The molecule has 0 aromatic carbocycles. The van der Waals surface area contributed by atoms with Crippen LogP contribution in [0, 0.1) is 10.8 Å². The van der Waals surface area contributed by atoms with Gasteiger partial charge in [-0.15, -0.1) is 0 Å². The molecule has 0 spiro atoms. The van der Waals surface area contributed by atoms with Crippen molar-refractivity contribution in [1.82, 2.24) is 0 Å². The molecule has 0 radical (unpaired) electrons. The van der Waals surface area contributed by atoms with Crippen molar-refractivity contribution >= 4 is 11.9 Å². The van der Waals surface area contributed by atoms with Gasteiger partial charge in [0.1, 0.15) is 0 Å². The van der Waals surface area contributed by atoms with Crippen molar-refractivity contribution in [1.29, 1.82) is 0 Å². The molecule has 3 heteroatoms. The number of carbonyl (C=O) groups is 2. The fourth-order valence-electron chi connectivity index (χ4n) is 1.68. The third-order valence-corrected chi connectivity index (χ3v) is 3.26. The highest BCUT2D eigenvalue weighted by Gasteiger charge is 2.06. The van der Waals surface area contributed by atoms with Crippen LogP contribution in [0.3, 0.4) is 0 Å². The summed E-state index contributed by atoms with van der Waals surface area (Å²) >= 11 is 0. The first kappa shape index (κ1) is 36.7. The first-order valence-corrected chi connectivity index (χ1v) is 11.8. The summed E-state index contributed by atoms with van der Waals surface area (Å²) in [6, 6.07) is 0. The zero-order valence-electron chi connectivity index (χ0n) is 23.0. The van der Waals surface area contributed by atoms with Crippen molar-refractivity contribution in [2.45, 2.75) is 122 Å². The lowest BCUT2D eigenvalue weighted by Gasteiger charge is -2.14. The number of esters is 2. The predicted molar refractivity (Wildman–Crippen MR) is 139 cm³/mol. The molecular weight excluding hydrogens is 384 g/mol. The highest BCUT2D eigenvalue weighted by molar-refractivity contribution is 5.83. The van der Waals surface area contributed by atoms with E-state index in [1.165, 1.54) is 31.8 Å². The van der Waals surface area contributed by atoms with E-state index in [4.69, 9.17) is 0 Å². The van der Waals surface area contributed by atoms with E-state index in [1.807, 2.05) is 13.8 Å². The van der Waals surface area contributed by atoms with E-state index in [-0.39, 0.29) is 6.42 Å². The molecule has 184 valence electrons. The van der Waals surface area contributed by atoms with Crippen LogP contribution >= 0.6 is 0 Å².